The zero-order valence-electron chi connectivity index (χ0n) is 5.99. The lowest BCUT2D eigenvalue weighted by molar-refractivity contribution is 0.589. The fourth-order valence-electron chi connectivity index (χ4n) is 0.697. The lowest BCUT2D eigenvalue weighted by atomic mass is 10.2. The van der Waals surface area contributed by atoms with E-state index in [4.69, 9.17) is 0 Å². The first-order valence-corrected chi connectivity index (χ1v) is 4.77. The third-order valence-corrected chi connectivity index (χ3v) is 2.03. The van der Waals surface area contributed by atoms with Crippen molar-refractivity contribution in [3.8, 4) is 0 Å². The third-order valence-electron chi connectivity index (χ3n) is 1.33. The van der Waals surface area contributed by atoms with Crippen molar-refractivity contribution in [3.63, 3.8) is 0 Å². The quantitative estimate of drug-likeness (QED) is 0.578. The van der Waals surface area contributed by atoms with Crippen molar-refractivity contribution in [2.24, 2.45) is 0 Å². The van der Waals surface area contributed by atoms with Gasteiger partial charge >= 0.3 is 0 Å². The Morgan fingerprint density at radius 1 is 1.38 bits per heavy atom. The van der Waals surface area contributed by atoms with Gasteiger partial charge in [-0.1, -0.05) is 22.6 Å². The molecule has 0 aromatic heterocycles. The third kappa shape index (κ3) is 3.40. The predicted octanol–water partition coefficient (Wildman–Crippen LogP) is 1.99. The maximum Gasteiger partial charge on any atom is 0.00958 e. The van der Waals surface area contributed by atoms with Gasteiger partial charge in [-0.3, -0.25) is 5.09 Å². The Labute approximate surface area is 54.1 Å². The van der Waals surface area contributed by atoms with Crippen LogP contribution in [0.1, 0.15) is 26.7 Å². The van der Waals surface area contributed by atoms with Gasteiger partial charge < -0.3 is 0 Å². The summed E-state index contributed by atoms with van der Waals surface area (Å²) in [5.74, 6) is 0. The summed E-state index contributed by atoms with van der Waals surface area (Å²) in [5.41, 5.74) is 0. The van der Waals surface area contributed by atoms with Crippen LogP contribution in [0.2, 0.25) is 0 Å². The first-order chi connectivity index (χ1) is 3.85. The fourth-order valence-corrected chi connectivity index (χ4v) is 1.51. The Kier molecular flexibility index (Phi) is 5.79. The molecule has 0 spiro atoms. The Morgan fingerprint density at radius 3 is 2.00 bits per heavy atom. The predicted molar refractivity (Wildman–Crippen MR) is 41.7 cm³/mol. The molecule has 0 aromatic carbocycles. The van der Waals surface area contributed by atoms with E-state index in [1.165, 1.54) is 12.8 Å². The summed E-state index contributed by atoms with van der Waals surface area (Å²) in [7, 11) is 0.902. The zero-order chi connectivity index (χ0) is 6.41. The molecule has 0 radical (unpaired) electrons. The SMILES string of the molecule is CCC(CC)NPC. The van der Waals surface area contributed by atoms with E-state index in [2.05, 4.69) is 25.6 Å². The second-order valence-corrected chi connectivity index (χ2v) is 2.70. The van der Waals surface area contributed by atoms with E-state index in [-0.39, 0.29) is 0 Å². The van der Waals surface area contributed by atoms with Crippen LogP contribution in [0.5, 0.6) is 0 Å². The Bertz CT molecular complexity index is 43.8. The van der Waals surface area contributed by atoms with Crippen LogP contribution in [-0.4, -0.2) is 12.7 Å². The molecular weight excluding hydrogens is 117 g/mol. The highest BCUT2D eigenvalue weighted by Crippen LogP contribution is 2.03. The monoisotopic (exact) mass is 133 g/mol. The van der Waals surface area contributed by atoms with Crippen LogP contribution in [0.25, 0.3) is 0 Å². The van der Waals surface area contributed by atoms with Crippen molar-refractivity contribution in [2.75, 3.05) is 6.66 Å². The van der Waals surface area contributed by atoms with Gasteiger partial charge in [0.1, 0.15) is 0 Å². The standard InChI is InChI=1S/C6H16NP/c1-4-6(5-2)7-8-3/h6-8H,4-5H2,1-3H3. The average molecular weight is 133 g/mol. The summed E-state index contributed by atoms with van der Waals surface area (Å²) in [6.07, 6.45) is 2.52. The molecule has 50 valence electrons. The lowest BCUT2D eigenvalue weighted by Crippen LogP contribution is -2.18. The highest BCUT2D eigenvalue weighted by Gasteiger charge is 1.97. The van der Waals surface area contributed by atoms with Crippen molar-refractivity contribution < 1.29 is 0 Å². The summed E-state index contributed by atoms with van der Waals surface area (Å²) in [4.78, 5) is 0. The first kappa shape index (κ1) is 8.39. The fraction of sp³-hybridized carbons (Fsp3) is 1.00. The Morgan fingerprint density at radius 2 is 1.88 bits per heavy atom. The lowest BCUT2D eigenvalue weighted by Gasteiger charge is -2.11. The Balaban J connectivity index is 3.07. The van der Waals surface area contributed by atoms with Crippen molar-refractivity contribution in [2.45, 2.75) is 32.7 Å². The molecule has 0 saturated heterocycles. The molecule has 0 saturated carbocycles. The van der Waals surface area contributed by atoms with E-state index < -0.39 is 0 Å². The molecule has 0 rings (SSSR count). The topological polar surface area (TPSA) is 12.0 Å². The van der Waals surface area contributed by atoms with Crippen LogP contribution in [0.3, 0.4) is 0 Å². The van der Waals surface area contributed by atoms with Gasteiger partial charge in [0.25, 0.3) is 0 Å². The van der Waals surface area contributed by atoms with Crippen LogP contribution in [0.4, 0.5) is 0 Å². The molecule has 0 aromatic rings. The molecule has 1 N–H and O–H groups in total. The first-order valence-electron chi connectivity index (χ1n) is 3.27. The minimum absolute atomic E-state index is 0.762. The zero-order valence-corrected chi connectivity index (χ0v) is 6.99. The molecule has 1 nitrogen and oxygen atoms in total. The van der Waals surface area contributed by atoms with Crippen molar-refractivity contribution in [3.05, 3.63) is 0 Å². The van der Waals surface area contributed by atoms with Gasteiger partial charge in [-0.2, -0.15) is 0 Å². The molecule has 0 aliphatic heterocycles. The number of hydrogen-bond donors (Lipinski definition) is 1. The highest BCUT2D eigenvalue weighted by atomic mass is 31.1. The highest BCUT2D eigenvalue weighted by molar-refractivity contribution is 7.34. The van der Waals surface area contributed by atoms with Crippen LogP contribution in [0.15, 0.2) is 0 Å². The molecule has 8 heavy (non-hydrogen) atoms. The summed E-state index contributed by atoms with van der Waals surface area (Å²) in [6, 6.07) is 0.762. The van der Waals surface area contributed by atoms with Crippen molar-refractivity contribution in [1.29, 1.82) is 0 Å². The van der Waals surface area contributed by atoms with Gasteiger partial charge in [0.15, 0.2) is 0 Å². The maximum absolute atomic E-state index is 3.41. The van der Waals surface area contributed by atoms with E-state index in [1.54, 1.807) is 0 Å². The van der Waals surface area contributed by atoms with Crippen molar-refractivity contribution in [1.82, 2.24) is 5.09 Å². The van der Waals surface area contributed by atoms with Crippen molar-refractivity contribution >= 4 is 8.73 Å². The van der Waals surface area contributed by atoms with E-state index in [9.17, 15) is 0 Å². The van der Waals surface area contributed by atoms with Crippen LogP contribution < -0.4 is 5.09 Å². The Hall–Kier alpha value is 0.390. The van der Waals surface area contributed by atoms with Crippen LogP contribution in [0, 0.1) is 0 Å². The summed E-state index contributed by atoms with van der Waals surface area (Å²) >= 11 is 0. The minimum Gasteiger partial charge on any atom is -0.295 e. The van der Waals surface area contributed by atoms with Gasteiger partial charge in [-0.15, -0.1) is 0 Å². The van der Waals surface area contributed by atoms with Gasteiger partial charge in [0.05, 0.1) is 0 Å². The number of hydrogen-bond acceptors (Lipinski definition) is 1. The minimum atomic E-state index is 0.762. The normalized spacial score (nSPS) is 12.0. The molecule has 1 unspecified atom stereocenters. The number of rotatable bonds is 4. The van der Waals surface area contributed by atoms with E-state index in [0.717, 1.165) is 14.8 Å². The van der Waals surface area contributed by atoms with Gasteiger partial charge in [-0.25, -0.2) is 0 Å². The molecule has 2 heteroatoms. The smallest absolute Gasteiger partial charge is 0.00958 e. The van der Waals surface area contributed by atoms with E-state index in [0.29, 0.717) is 0 Å². The average Bonchev–Trinajstić information content (AvgIpc) is 1.83. The van der Waals surface area contributed by atoms with Gasteiger partial charge in [0.2, 0.25) is 0 Å². The summed E-state index contributed by atoms with van der Waals surface area (Å²) < 4.78 is 0. The molecular formula is C6H16NP. The van der Waals surface area contributed by atoms with Gasteiger partial charge in [-0.05, 0) is 19.5 Å². The van der Waals surface area contributed by atoms with Crippen LogP contribution in [-0.2, 0) is 0 Å². The number of nitrogens with one attached hydrogen (secondary N) is 1. The van der Waals surface area contributed by atoms with Crippen LogP contribution >= 0.6 is 8.73 Å². The second-order valence-electron chi connectivity index (χ2n) is 1.91. The molecule has 1 atom stereocenters. The van der Waals surface area contributed by atoms with E-state index >= 15 is 0 Å². The maximum atomic E-state index is 3.41. The summed E-state index contributed by atoms with van der Waals surface area (Å²) in [6.45, 7) is 6.63. The molecule has 0 heterocycles. The molecule has 0 aliphatic rings. The van der Waals surface area contributed by atoms with Gasteiger partial charge in [0, 0.05) is 6.04 Å². The molecule has 0 amide bonds. The molecule has 0 aliphatic carbocycles. The second kappa shape index (κ2) is 5.53. The molecule has 0 fully saturated rings. The van der Waals surface area contributed by atoms with E-state index in [1.807, 2.05) is 0 Å². The largest absolute Gasteiger partial charge is 0.295 e. The summed E-state index contributed by atoms with van der Waals surface area (Å²) in [5, 5.41) is 3.41. The molecule has 0 bridgehead atoms.